The van der Waals surface area contributed by atoms with Gasteiger partial charge in [0.25, 0.3) is 5.91 Å². The van der Waals surface area contributed by atoms with Gasteiger partial charge in [-0.15, -0.1) is 0 Å². The molecule has 0 atom stereocenters. The van der Waals surface area contributed by atoms with Crippen molar-refractivity contribution in [3.05, 3.63) is 70.0 Å². The molecule has 0 spiro atoms. The van der Waals surface area contributed by atoms with Crippen LogP contribution in [0.4, 0.5) is 5.69 Å². The molecule has 1 heterocycles. The van der Waals surface area contributed by atoms with E-state index in [0.29, 0.717) is 32.8 Å². The Morgan fingerprint density at radius 3 is 2.42 bits per heavy atom. The van der Waals surface area contributed by atoms with Crippen LogP contribution < -0.4 is 10.1 Å². The number of rotatable bonds is 4. The first-order chi connectivity index (χ1) is 12.5. The zero-order valence-electron chi connectivity index (χ0n) is 14.1. The summed E-state index contributed by atoms with van der Waals surface area (Å²) in [7, 11) is 1.61. The quantitative estimate of drug-likeness (QED) is 0.682. The zero-order chi connectivity index (χ0) is 18.7. The van der Waals surface area contributed by atoms with Gasteiger partial charge < -0.3 is 10.1 Å². The lowest BCUT2D eigenvalue weighted by molar-refractivity contribution is 0.102. The summed E-state index contributed by atoms with van der Waals surface area (Å²) in [5.41, 5.74) is 2.34. The highest BCUT2D eigenvalue weighted by Crippen LogP contribution is 2.25. The Hall–Kier alpha value is -2.63. The second kappa shape index (κ2) is 7.72. The second-order valence-corrected chi connectivity index (χ2v) is 6.32. The van der Waals surface area contributed by atoms with E-state index in [2.05, 4.69) is 15.3 Å². The van der Waals surface area contributed by atoms with Gasteiger partial charge in [-0.05, 0) is 49.4 Å². The maximum Gasteiger partial charge on any atom is 0.259 e. The monoisotopic (exact) mass is 387 g/mol. The van der Waals surface area contributed by atoms with E-state index >= 15 is 0 Å². The molecule has 26 heavy (non-hydrogen) atoms. The fraction of sp³-hybridized carbons (Fsp3) is 0.105. The molecule has 0 bridgehead atoms. The average Bonchev–Trinajstić information content (AvgIpc) is 2.64. The van der Waals surface area contributed by atoms with Crippen LogP contribution in [-0.4, -0.2) is 23.0 Å². The number of anilines is 1. The molecule has 5 nitrogen and oxygen atoms in total. The number of carbonyl (C=O) groups excluding carboxylic acids is 1. The smallest absolute Gasteiger partial charge is 0.259 e. The maximum absolute atomic E-state index is 12.5. The van der Waals surface area contributed by atoms with E-state index in [4.69, 9.17) is 27.9 Å². The predicted molar refractivity (Wildman–Crippen MR) is 103 cm³/mol. The number of ether oxygens (including phenoxy) is 1. The highest BCUT2D eigenvalue weighted by Gasteiger charge is 2.13. The molecule has 0 unspecified atom stereocenters. The van der Waals surface area contributed by atoms with E-state index in [9.17, 15) is 4.79 Å². The van der Waals surface area contributed by atoms with E-state index in [1.54, 1.807) is 32.2 Å². The van der Waals surface area contributed by atoms with Crippen molar-refractivity contribution in [3.8, 4) is 17.1 Å². The van der Waals surface area contributed by atoms with Gasteiger partial charge in [0.2, 0.25) is 0 Å². The lowest BCUT2D eigenvalue weighted by Gasteiger charge is -2.09. The van der Waals surface area contributed by atoms with Gasteiger partial charge in [0.05, 0.1) is 28.4 Å². The Morgan fingerprint density at radius 2 is 1.81 bits per heavy atom. The minimum absolute atomic E-state index is 0.317. The third kappa shape index (κ3) is 3.95. The number of carbonyl (C=O) groups is 1. The second-order valence-electron chi connectivity index (χ2n) is 5.50. The molecule has 0 aliphatic rings. The van der Waals surface area contributed by atoms with Crippen molar-refractivity contribution in [1.29, 1.82) is 0 Å². The molecular weight excluding hydrogens is 373 g/mol. The van der Waals surface area contributed by atoms with E-state index in [1.807, 2.05) is 24.3 Å². The van der Waals surface area contributed by atoms with Crippen LogP contribution in [0.5, 0.6) is 5.75 Å². The van der Waals surface area contributed by atoms with Crippen LogP contribution in [0.25, 0.3) is 11.4 Å². The van der Waals surface area contributed by atoms with Gasteiger partial charge in [-0.2, -0.15) is 0 Å². The van der Waals surface area contributed by atoms with Gasteiger partial charge in [-0.1, -0.05) is 23.2 Å². The van der Waals surface area contributed by atoms with Crippen molar-refractivity contribution in [3.63, 3.8) is 0 Å². The number of hydrogen-bond donors (Lipinski definition) is 1. The summed E-state index contributed by atoms with van der Waals surface area (Å²) in [5.74, 6) is 0.974. The summed E-state index contributed by atoms with van der Waals surface area (Å²) in [4.78, 5) is 21.2. The summed E-state index contributed by atoms with van der Waals surface area (Å²) in [6.07, 6.45) is 1.51. The number of aryl methyl sites for hydroxylation is 1. The van der Waals surface area contributed by atoms with Gasteiger partial charge in [-0.3, -0.25) is 4.79 Å². The van der Waals surface area contributed by atoms with Gasteiger partial charge in [-0.25, -0.2) is 9.97 Å². The summed E-state index contributed by atoms with van der Waals surface area (Å²) >= 11 is 11.8. The van der Waals surface area contributed by atoms with Gasteiger partial charge in [0.15, 0.2) is 5.82 Å². The third-order valence-electron chi connectivity index (χ3n) is 3.75. The van der Waals surface area contributed by atoms with E-state index in [0.717, 1.165) is 11.3 Å². The Morgan fingerprint density at radius 1 is 1.08 bits per heavy atom. The Balaban J connectivity index is 1.81. The Kier molecular flexibility index (Phi) is 5.40. The molecule has 3 aromatic rings. The van der Waals surface area contributed by atoms with Crippen molar-refractivity contribution in [2.45, 2.75) is 6.92 Å². The largest absolute Gasteiger partial charge is 0.497 e. The van der Waals surface area contributed by atoms with Gasteiger partial charge >= 0.3 is 0 Å². The topological polar surface area (TPSA) is 64.1 Å². The molecule has 0 saturated heterocycles. The first kappa shape index (κ1) is 18.2. The number of halogens is 2. The molecule has 0 aliphatic carbocycles. The van der Waals surface area contributed by atoms with E-state index in [-0.39, 0.29) is 5.91 Å². The molecule has 1 N–H and O–H groups in total. The Labute approximate surface area is 161 Å². The SMILES string of the molecule is COc1ccc(-c2ncc(C(=O)Nc3ccc(Cl)c(Cl)c3)c(C)n2)cc1. The van der Waals surface area contributed by atoms with E-state index in [1.165, 1.54) is 6.20 Å². The molecule has 0 radical (unpaired) electrons. The fourth-order valence-corrected chi connectivity index (χ4v) is 2.64. The number of methoxy groups -OCH3 is 1. The molecule has 1 amide bonds. The molecule has 3 rings (SSSR count). The number of benzene rings is 2. The normalized spacial score (nSPS) is 10.5. The fourth-order valence-electron chi connectivity index (χ4n) is 2.34. The van der Waals surface area contributed by atoms with Crippen molar-refractivity contribution < 1.29 is 9.53 Å². The first-order valence-corrected chi connectivity index (χ1v) is 8.48. The minimum Gasteiger partial charge on any atom is -0.497 e. The number of hydrogen-bond acceptors (Lipinski definition) is 4. The Bertz CT molecular complexity index is 959. The maximum atomic E-state index is 12.5. The standard InChI is InChI=1S/C19H15Cl2N3O2/c1-11-15(19(25)24-13-5-8-16(20)17(21)9-13)10-22-18(23-11)12-3-6-14(26-2)7-4-12/h3-10H,1-2H3,(H,24,25). The molecule has 132 valence electrons. The van der Waals surface area contributed by atoms with Crippen LogP contribution in [0.1, 0.15) is 16.1 Å². The molecule has 1 aromatic heterocycles. The summed E-state index contributed by atoms with van der Waals surface area (Å²) in [5, 5.41) is 3.55. The zero-order valence-corrected chi connectivity index (χ0v) is 15.6. The van der Waals surface area contributed by atoms with Crippen molar-refractivity contribution in [2.24, 2.45) is 0 Å². The number of amides is 1. The van der Waals surface area contributed by atoms with Crippen LogP contribution >= 0.6 is 23.2 Å². The van der Waals surface area contributed by atoms with Crippen LogP contribution in [0.2, 0.25) is 10.0 Å². The summed E-state index contributed by atoms with van der Waals surface area (Å²) in [6, 6.07) is 12.3. The van der Waals surface area contributed by atoms with Crippen molar-refractivity contribution >= 4 is 34.8 Å². The number of nitrogens with one attached hydrogen (secondary N) is 1. The van der Waals surface area contributed by atoms with Crippen molar-refractivity contribution in [2.75, 3.05) is 12.4 Å². The van der Waals surface area contributed by atoms with Crippen LogP contribution in [0.15, 0.2) is 48.7 Å². The van der Waals surface area contributed by atoms with Crippen LogP contribution in [0, 0.1) is 6.92 Å². The number of aromatic nitrogens is 2. The average molecular weight is 388 g/mol. The van der Waals surface area contributed by atoms with Gasteiger partial charge in [0.1, 0.15) is 5.75 Å². The molecule has 0 fully saturated rings. The van der Waals surface area contributed by atoms with Crippen LogP contribution in [0.3, 0.4) is 0 Å². The lowest BCUT2D eigenvalue weighted by atomic mass is 10.1. The highest BCUT2D eigenvalue weighted by atomic mass is 35.5. The highest BCUT2D eigenvalue weighted by molar-refractivity contribution is 6.42. The molecule has 0 aliphatic heterocycles. The minimum atomic E-state index is -0.317. The third-order valence-corrected chi connectivity index (χ3v) is 4.49. The molecule has 7 heteroatoms. The first-order valence-electron chi connectivity index (χ1n) is 7.72. The molecular formula is C19H15Cl2N3O2. The predicted octanol–water partition coefficient (Wildman–Crippen LogP) is 5.02. The molecule has 2 aromatic carbocycles. The summed E-state index contributed by atoms with van der Waals surface area (Å²) in [6.45, 7) is 1.76. The summed E-state index contributed by atoms with van der Waals surface area (Å²) < 4.78 is 5.14. The van der Waals surface area contributed by atoms with Crippen LogP contribution in [-0.2, 0) is 0 Å². The molecule has 0 saturated carbocycles. The van der Waals surface area contributed by atoms with Crippen molar-refractivity contribution in [1.82, 2.24) is 9.97 Å². The number of nitrogens with zero attached hydrogens (tertiary/aromatic N) is 2. The van der Waals surface area contributed by atoms with E-state index < -0.39 is 0 Å². The lowest BCUT2D eigenvalue weighted by Crippen LogP contribution is -2.15. The van der Waals surface area contributed by atoms with Gasteiger partial charge in [0, 0.05) is 17.4 Å².